The minimum Gasteiger partial charge on any atom is -0.493 e. The van der Waals surface area contributed by atoms with Gasteiger partial charge in [0.2, 0.25) is 5.89 Å². The Hall–Kier alpha value is -2.12. The molecule has 148 valence electrons. The second kappa shape index (κ2) is 9.19. The molecular formula is C20H30N4O3. The van der Waals surface area contributed by atoms with E-state index in [0.717, 1.165) is 63.0 Å². The summed E-state index contributed by atoms with van der Waals surface area (Å²) < 4.78 is 16.5. The molecule has 0 unspecified atom stereocenters. The number of hydrogen-bond donors (Lipinski definition) is 0. The topological polar surface area (TPSA) is 63.9 Å². The normalized spacial score (nSPS) is 16.0. The van der Waals surface area contributed by atoms with Crippen LogP contribution in [0.3, 0.4) is 0 Å². The van der Waals surface area contributed by atoms with E-state index in [1.165, 1.54) is 5.56 Å². The molecule has 0 amide bonds. The van der Waals surface area contributed by atoms with Crippen molar-refractivity contribution in [3.8, 4) is 11.5 Å². The summed E-state index contributed by atoms with van der Waals surface area (Å²) >= 11 is 0. The summed E-state index contributed by atoms with van der Waals surface area (Å²) in [5.41, 5.74) is 1.24. The number of ether oxygens (including phenoxy) is 2. The molecule has 1 aromatic carbocycles. The van der Waals surface area contributed by atoms with Gasteiger partial charge in [-0.05, 0) is 31.5 Å². The maximum absolute atomic E-state index is 5.80. The van der Waals surface area contributed by atoms with Crippen molar-refractivity contribution in [1.29, 1.82) is 0 Å². The van der Waals surface area contributed by atoms with Crippen LogP contribution in [0.2, 0.25) is 0 Å². The molecule has 1 saturated heterocycles. The van der Waals surface area contributed by atoms with Gasteiger partial charge in [-0.1, -0.05) is 18.1 Å². The van der Waals surface area contributed by atoms with Gasteiger partial charge in [0.1, 0.15) is 0 Å². The van der Waals surface area contributed by atoms with Gasteiger partial charge in [0.05, 0.1) is 19.8 Å². The number of aryl methyl sites for hydroxylation is 1. The lowest BCUT2D eigenvalue weighted by Crippen LogP contribution is -2.45. The summed E-state index contributed by atoms with van der Waals surface area (Å²) in [6.07, 6.45) is 0.913. The third kappa shape index (κ3) is 5.43. The van der Waals surface area contributed by atoms with E-state index in [9.17, 15) is 0 Å². The van der Waals surface area contributed by atoms with Crippen molar-refractivity contribution in [2.75, 3.05) is 33.3 Å². The fourth-order valence-electron chi connectivity index (χ4n) is 3.22. The average Bonchev–Trinajstić information content (AvgIpc) is 3.12. The summed E-state index contributed by atoms with van der Waals surface area (Å²) in [5, 5.41) is 4.05. The number of benzene rings is 1. The molecule has 1 fully saturated rings. The molecule has 7 heteroatoms. The molecular weight excluding hydrogens is 344 g/mol. The molecule has 7 nitrogen and oxygen atoms in total. The Morgan fingerprint density at radius 2 is 1.78 bits per heavy atom. The number of hydrogen-bond acceptors (Lipinski definition) is 7. The Balaban J connectivity index is 1.51. The predicted molar refractivity (Wildman–Crippen MR) is 103 cm³/mol. The highest BCUT2D eigenvalue weighted by molar-refractivity contribution is 5.43. The van der Waals surface area contributed by atoms with E-state index in [0.29, 0.717) is 5.89 Å². The van der Waals surface area contributed by atoms with Gasteiger partial charge < -0.3 is 14.0 Å². The Kier molecular flexibility index (Phi) is 6.68. The van der Waals surface area contributed by atoms with Crippen LogP contribution in [0, 0.1) is 0 Å². The van der Waals surface area contributed by atoms with Gasteiger partial charge in [-0.15, -0.1) is 0 Å². The van der Waals surface area contributed by atoms with Gasteiger partial charge in [0.25, 0.3) is 0 Å². The third-order valence-corrected chi connectivity index (χ3v) is 4.64. The van der Waals surface area contributed by atoms with Crippen LogP contribution in [-0.2, 0) is 19.5 Å². The highest BCUT2D eigenvalue weighted by atomic mass is 16.5. The first-order valence-electron chi connectivity index (χ1n) is 9.67. The number of nitrogens with zero attached hydrogens (tertiary/aromatic N) is 4. The van der Waals surface area contributed by atoms with Crippen LogP contribution >= 0.6 is 0 Å². The molecule has 0 spiro atoms. The monoisotopic (exact) mass is 374 g/mol. The minimum absolute atomic E-state index is 0.130. The zero-order chi connectivity index (χ0) is 19.2. The van der Waals surface area contributed by atoms with Crippen molar-refractivity contribution in [2.24, 2.45) is 0 Å². The number of rotatable bonds is 8. The molecule has 1 aliphatic rings. The van der Waals surface area contributed by atoms with E-state index in [4.69, 9.17) is 14.0 Å². The van der Waals surface area contributed by atoms with Gasteiger partial charge in [0.15, 0.2) is 17.3 Å². The van der Waals surface area contributed by atoms with E-state index in [-0.39, 0.29) is 6.10 Å². The van der Waals surface area contributed by atoms with Crippen molar-refractivity contribution in [1.82, 2.24) is 19.9 Å². The third-order valence-electron chi connectivity index (χ3n) is 4.64. The largest absolute Gasteiger partial charge is 0.493 e. The first-order chi connectivity index (χ1) is 13.1. The minimum atomic E-state index is 0.130. The summed E-state index contributed by atoms with van der Waals surface area (Å²) in [7, 11) is 1.69. The van der Waals surface area contributed by atoms with E-state index >= 15 is 0 Å². The molecule has 0 saturated carbocycles. The molecule has 2 aromatic rings. The van der Waals surface area contributed by atoms with Crippen LogP contribution in [0.4, 0.5) is 0 Å². The van der Waals surface area contributed by atoms with Crippen molar-refractivity contribution < 1.29 is 14.0 Å². The number of aromatic nitrogens is 2. The molecule has 0 bridgehead atoms. The first-order valence-corrected chi connectivity index (χ1v) is 9.67. The zero-order valence-corrected chi connectivity index (χ0v) is 16.8. The van der Waals surface area contributed by atoms with Crippen LogP contribution < -0.4 is 9.47 Å². The van der Waals surface area contributed by atoms with Crippen LogP contribution in [0.5, 0.6) is 11.5 Å². The van der Waals surface area contributed by atoms with Crippen molar-refractivity contribution in [3.63, 3.8) is 0 Å². The summed E-state index contributed by atoms with van der Waals surface area (Å²) in [5.74, 6) is 3.09. The fourth-order valence-corrected chi connectivity index (χ4v) is 3.22. The Labute approximate surface area is 161 Å². The molecule has 0 N–H and O–H groups in total. The SMILES string of the molecule is CCc1nc(CN2CCN(Cc3ccc(OC(C)C)c(OC)c3)CC2)no1. The van der Waals surface area contributed by atoms with Gasteiger partial charge in [-0.25, -0.2) is 0 Å². The molecule has 0 radical (unpaired) electrons. The quantitative estimate of drug-likeness (QED) is 0.704. The summed E-state index contributed by atoms with van der Waals surface area (Å²) in [4.78, 5) is 9.23. The molecule has 3 rings (SSSR count). The van der Waals surface area contributed by atoms with Crippen LogP contribution in [0.1, 0.15) is 38.0 Å². The molecule has 1 aliphatic heterocycles. The van der Waals surface area contributed by atoms with Gasteiger partial charge in [0, 0.05) is 39.1 Å². The first kappa shape index (κ1) is 19.6. The maximum Gasteiger partial charge on any atom is 0.226 e. The predicted octanol–water partition coefficient (Wildman–Crippen LogP) is 2.75. The molecule has 0 aliphatic carbocycles. The Bertz CT molecular complexity index is 724. The maximum atomic E-state index is 5.80. The fraction of sp³-hybridized carbons (Fsp3) is 0.600. The van der Waals surface area contributed by atoms with Crippen molar-refractivity contribution in [3.05, 3.63) is 35.5 Å². The standard InChI is InChI=1S/C20H30N4O3/c1-5-20-21-19(22-27-20)14-24-10-8-23(9-11-24)13-16-6-7-17(26-15(2)3)18(12-16)25-4/h6-7,12,15H,5,8-11,13-14H2,1-4H3. The lowest BCUT2D eigenvalue weighted by Gasteiger charge is -2.34. The molecule has 27 heavy (non-hydrogen) atoms. The number of piperazine rings is 1. The molecule has 0 atom stereocenters. The van der Waals surface area contributed by atoms with Gasteiger partial charge in [-0.2, -0.15) is 4.98 Å². The number of methoxy groups -OCH3 is 1. The van der Waals surface area contributed by atoms with Crippen LogP contribution in [0.15, 0.2) is 22.7 Å². The average molecular weight is 374 g/mol. The highest BCUT2D eigenvalue weighted by Gasteiger charge is 2.19. The van der Waals surface area contributed by atoms with Crippen LogP contribution in [-0.4, -0.2) is 59.3 Å². The van der Waals surface area contributed by atoms with E-state index in [1.807, 2.05) is 26.8 Å². The van der Waals surface area contributed by atoms with Gasteiger partial charge in [-0.3, -0.25) is 9.80 Å². The summed E-state index contributed by atoms with van der Waals surface area (Å²) in [6, 6.07) is 6.21. The smallest absolute Gasteiger partial charge is 0.226 e. The lowest BCUT2D eigenvalue weighted by atomic mass is 10.1. The Morgan fingerprint density at radius 3 is 2.37 bits per heavy atom. The lowest BCUT2D eigenvalue weighted by molar-refractivity contribution is 0.119. The van der Waals surface area contributed by atoms with Gasteiger partial charge >= 0.3 is 0 Å². The van der Waals surface area contributed by atoms with E-state index in [1.54, 1.807) is 7.11 Å². The second-order valence-corrected chi connectivity index (χ2v) is 7.16. The van der Waals surface area contributed by atoms with E-state index < -0.39 is 0 Å². The second-order valence-electron chi connectivity index (χ2n) is 7.16. The van der Waals surface area contributed by atoms with Crippen molar-refractivity contribution in [2.45, 2.75) is 46.4 Å². The molecule has 1 aromatic heterocycles. The summed E-state index contributed by atoms with van der Waals surface area (Å²) in [6.45, 7) is 11.8. The molecule has 2 heterocycles. The van der Waals surface area contributed by atoms with Crippen molar-refractivity contribution >= 4 is 0 Å². The van der Waals surface area contributed by atoms with E-state index in [2.05, 4.69) is 32.1 Å². The Morgan fingerprint density at radius 1 is 1.07 bits per heavy atom. The van der Waals surface area contributed by atoms with Crippen LogP contribution in [0.25, 0.3) is 0 Å². The highest BCUT2D eigenvalue weighted by Crippen LogP contribution is 2.29. The zero-order valence-electron chi connectivity index (χ0n) is 16.8.